The predicted octanol–water partition coefficient (Wildman–Crippen LogP) is 2.13. The molecule has 84 valence electrons. The molecule has 0 spiro atoms. The molecule has 0 radical (unpaired) electrons. The Bertz CT molecular complexity index is 281. The molecule has 0 saturated heterocycles. The maximum absolute atomic E-state index is 8.66. The van der Waals surface area contributed by atoms with Crippen molar-refractivity contribution < 1.29 is 5.11 Å². The molecule has 0 aliphatic carbocycles. The van der Waals surface area contributed by atoms with Crippen molar-refractivity contribution in [3.63, 3.8) is 0 Å². The van der Waals surface area contributed by atoms with Crippen LogP contribution in [-0.2, 0) is 5.75 Å². The highest BCUT2D eigenvalue weighted by Crippen LogP contribution is 2.18. The SMILES string of the molecule is CCNc1ncccc1CSCCCO. The molecule has 15 heavy (non-hydrogen) atoms. The second kappa shape index (κ2) is 7.54. The molecule has 0 fully saturated rings. The number of nitrogens with one attached hydrogen (secondary N) is 1. The first-order valence-corrected chi connectivity index (χ1v) is 6.40. The molecular formula is C11H18N2OS. The summed E-state index contributed by atoms with van der Waals surface area (Å²) in [5.41, 5.74) is 1.24. The molecule has 3 nitrogen and oxygen atoms in total. The number of hydrogen-bond donors (Lipinski definition) is 2. The van der Waals surface area contributed by atoms with E-state index >= 15 is 0 Å². The zero-order chi connectivity index (χ0) is 10.9. The van der Waals surface area contributed by atoms with Crippen LogP contribution in [0.15, 0.2) is 18.3 Å². The minimum Gasteiger partial charge on any atom is -0.396 e. The number of rotatable bonds is 7. The van der Waals surface area contributed by atoms with Crippen LogP contribution in [0.25, 0.3) is 0 Å². The van der Waals surface area contributed by atoms with Gasteiger partial charge in [-0.3, -0.25) is 0 Å². The second-order valence-corrected chi connectivity index (χ2v) is 4.28. The fraction of sp³-hybridized carbons (Fsp3) is 0.545. The number of aliphatic hydroxyl groups excluding tert-OH is 1. The van der Waals surface area contributed by atoms with Gasteiger partial charge >= 0.3 is 0 Å². The Hall–Kier alpha value is -0.740. The molecule has 1 rings (SSSR count). The van der Waals surface area contributed by atoms with Crippen molar-refractivity contribution in [1.29, 1.82) is 0 Å². The monoisotopic (exact) mass is 226 g/mol. The first-order valence-electron chi connectivity index (χ1n) is 5.24. The lowest BCUT2D eigenvalue weighted by Crippen LogP contribution is -2.02. The lowest BCUT2D eigenvalue weighted by molar-refractivity contribution is 0.296. The Morgan fingerprint density at radius 2 is 2.40 bits per heavy atom. The van der Waals surface area contributed by atoms with Crippen molar-refractivity contribution in [2.45, 2.75) is 19.1 Å². The van der Waals surface area contributed by atoms with Crippen LogP contribution < -0.4 is 5.32 Å². The topological polar surface area (TPSA) is 45.2 Å². The van der Waals surface area contributed by atoms with E-state index in [9.17, 15) is 0 Å². The Morgan fingerprint density at radius 3 is 3.13 bits per heavy atom. The van der Waals surface area contributed by atoms with E-state index in [1.165, 1.54) is 5.56 Å². The van der Waals surface area contributed by atoms with E-state index in [4.69, 9.17) is 5.11 Å². The number of aromatic nitrogens is 1. The molecule has 0 unspecified atom stereocenters. The van der Waals surface area contributed by atoms with Gasteiger partial charge in [0.05, 0.1) is 0 Å². The predicted molar refractivity (Wildman–Crippen MR) is 66.3 cm³/mol. The molecule has 0 saturated carbocycles. The van der Waals surface area contributed by atoms with Gasteiger partial charge in [-0.25, -0.2) is 4.98 Å². The molecule has 2 N–H and O–H groups in total. The summed E-state index contributed by atoms with van der Waals surface area (Å²) in [5.74, 6) is 2.93. The minimum absolute atomic E-state index is 0.278. The lowest BCUT2D eigenvalue weighted by Gasteiger charge is -2.08. The maximum atomic E-state index is 8.66. The number of pyridine rings is 1. The van der Waals surface area contributed by atoms with Crippen LogP contribution >= 0.6 is 11.8 Å². The molecule has 0 amide bonds. The zero-order valence-corrected chi connectivity index (χ0v) is 9.89. The number of aliphatic hydroxyl groups is 1. The van der Waals surface area contributed by atoms with E-state index in [0.29, 0.717) is 0 Å². The summed E-state index contributed by atoms with van der Waals surface area (Å²) in [7, 11) is 0. The summed E-state index contributed by atoms with van der Waals surface area (Å²) in [5, 5.41) is 11.9. The van der Waals surface area contributed by atoms with E-state index in [1.807, 2.05) is 17.8 Å². The van der Waals surface area contributed by atoms with Gasteiger partial charge in [0.1, 0.15) is 5.82 Å². The number of hydrogen-bond acceptors (Lipinski definition) is 4. The molecule has 0 aromatic carbocycles. The first-order chi connectivity index (χ1) is 7.38. The van der Waals surface area contributed by atoms with E-state index in [1.54, 1.807) is 6.20 Å². The largest absolute Gasteiger partial charge is 0.396 e. The van der Waals surface area contributed by atoms with Crippen LogP contribution in [0.3, 0.4) is 0 Å². The smallest absolute Gasteiger partial charge is 0.129 e. The van der Waals surface area contributed by atoms with Gasteiger partial charge in [-0.05, 0) is 25.2 Å². The Morgan fingerprint density at radius 1 is 1.53 bits per heavy atom. The van der Waals surface area contributed by atoms with Crippen LogP contribution in [0.1, 0.15) is 18.9 Å². The van der Waals surface area contributed by atoms with Gasteiger partial charge in [-0.15, -0.1) is 0 Å². The molecule has 0 bridgehead atoms. The molecular weight excluding hydrogens is 208 g/mol. The number of nitrogens with zero attached hydrogens (tertiary/aromatic N) is 1. The molecule has 1 aromatic heterocycles. The summed E-state index contributed by atoms with van der Waals surface area (Å²) >= 11 is 1.83. The van der Waals surface area contributed by atoms with Gasteiger partial charge in [0, 0.05) is 30.7 Å². The summed E-state index contributed by atoms with van der Waals surface area (Å²) in [6.45, 7) is 3.24. The molecule has 0 aliphatic heterocycles. The third kappa shape index (κ3) is 4.53. The van der Waals surface area contributed by atoms with Gasteiger partial charge in [-0.1, -0.05) is 6.07 Å². The van der Waals surface area contributed by atoms with Crippen molar-refractivity contribution in [1.82, 2.24) is 4.98 Å². The Kier molecular flexibility index (Phi) is 6.20. The summed E-state index contributed by atoms with van der Waals surface area (Å²) < 4.78 is 0. The summed E-state index contributed by atoms with van der Waals surface area (Å²) in [6.07, 6.45) is 2.67. The zero-order valence-electron chi connectivity index (χ0n) is 9.07. The van der Waals surface area contributed by atoms with Gasteiger partial charge in [0.2, 0.25) is 0 Å². The van der Waals surface area contributed by atoms with Crippen LogP contribution in [0.5, 0.6) is 0 Å². The highest BCUT2D eigenvalue weighted by molar-refractivity contribution is 7.98. The standard InChI is InChI=1S/C11H18N2OS/c1-2-12-11-10(5-3-6-13-11)9-15-8-4-7-14/h3,5-6,14H,2,4,7-9H2,1H3,(H,12,13). The van der Waals surface area contributed by atoms with Crippen molar-refractivity contribution in [3.8, 4) is 0 Å². The minimum atomic E-state index is 0.278. The molecule has 1 heterocycles. The Labute approximate surface area is 95.3 Å². The van der Waals surface area contributed by atoms with Crippen molar-refractivity contribution in [2.75, 3.05) is 24.2 Å². The molecule has 1 aromatic rings. The summed E-state index contributed by atoms with van der Waals surface area (Å²) in [4.78, 5) is 4.29. The molecule has 4 heteroatoms. The van der Waals surface area contributed by atoms with Crippen LogP contribution in [0.4, 0.5) is 5.82 Å². The van der Waals surface area contributed by atoms with Gasteiger partial charge < -0.3 is 10.4 Å². The highest BCUT2D eigenvalue weighted by Gasteiger charge is 2.01. The van der Waals surface area contributed by atoms with Gasteiger partial charge in [-0.2, -0.15) is 11.8 Å². The lowest BCUT2D eigenvalue weighted by atomic mass is 10.3. The maximum Gasteiger partial charge on any atom is 0.129 e. The van der Waals surface area contributed by atoms with E-state index < -0.39 is 0 Å². The van der Waals surface area contributed by atoms with Crippen molar-refractivity contribution in [2.24, 2.45) is 0 Å². The van der Waals surface area contributed by atoms with Gasteiger partial charge in [0.25, 0.3) is 0 Å². The average molecular weight is 226 g/mol. The second-order valence-electron chi connectivity index (χ2n) is 3.17. The third-order valence-corrected chi connectivity index (χ3v) is 3.03. The van der Waals surface area contributed by atoms with Crippen LogP contribution in [0.2, 0.25) is 0 Å². The molecule has 0 aliphatic rings. The van der Waals surface area contributed by atoms with E-state index in [-0.39, 0.29) is 6.61 Å². The van der Waals surface area contributed by atoms with E-state index in [2.05, 4.69) is 23.3 Å². The fourth-order valence-corrected chi connectivity index (χ4v) is 2.16. The number of thioether (sulfide) groups is 1. The average Bonchev–Trinajstić information content (AvgIpc) is 2.27. The van der Waals surface area contributed by atoms with Crippen LogP contribution in [-0.4, -0.2) is 29.0 Å². The quantitative estimate of drug-likeness (QED) is 0.699. The van der Waals surface area contributed by atoms with Crippen molar-refractivity contribution in [3.05, 3.63) is 23.9 Å². The summed E-state index contributed by atoms with van der Waals surface area (Å²) in [6, 6.07) is 4.06. The highest BCUT2D eigenvalue weighted by atomic mass is 32.2. The first kappa shape index (κ1) is 12.3. The van der Waals surface area contributed by atoms with Crippen LogP contribution in [0, 0.1) is 0 Å². The van der Waals surface area contributed by atoms with E-state index in [0.717, 1.165) is 30.3 Å². The number of anilines is 1. The molecule has 0 atom stereocenters. The normalized spacial score (nSPS) is 10.3. The Balaban J connectivity index is 2.44. The third-order valence-electron chi connectivity index (χ3n) is 1.94. The fourth-order valence-electron chi connectivity index (χ4n) is 1.23. The van der Waals surface area contributed by atoms with Gasteiger partial charge in [0.15, 0.2) is 0 Å². The van der Waals surface area contributed by atoms with Crippen molar-refractivity contribution >= 4 is 17.6 Å².